The summed E-state index contributed by atoms with van der Waals surface area (Å²) in [6, 6.07) is 0. The molecule has 3 fully saturated rings. The lowest BCUT2D eigenvalue weighted by molar-refractivity contribution is -0.349. The van der Waals surface area contributed by atoms with Crippen molar-refractivity contribution in [3.63, 3.8) is 0 Å². The molecule has 14 heteroatoms. The third-order valence-corrected chi connectivity index (χ3v) is 10.5. The molecule has 0 saturated carbocycles. The van der Waals surface area contributed by atoms with Crippen LogP contribution in [0.15, 0.2) is 0 Å². The van der Waals surface area contributed by atoms with Crippen LogP contribution in [-0.2, 0) is 38.0 Å². The molecule has 0 aromatic heterocycles. The lowest BCUT2D eigenvalue weighted by Gasteiger charge is -2.44. The van der Waals surface area contributed by atoms with E-state index >= 15 is 0 Å². The molecular formula is C39H72O14. The van der Waals surface area contributed by atoms with Gasteiger partial charge >= 0.3 is 5.97 Å². The first kappa shape index (κ1) is 46.4. The van der Waals surface area contributed by atoms with Crippen LogP contribution < -0.4 is 0 Å². The molecule has 312 valence electrons. The van der Waals surface area contributed by atoms with E-state index in [9.17, 15) is 35.4 Å². The molecule has 6 N–H and O–H groups in total. The van der Waals surface area contributed by atoms with E-state index in [4.69, 9.17) is 33.2 Å². The molecule has 3 aliphatic rings. The van der Waals surface area contributed by atoms with Crippen LogP contribution in [0.25, 0.3) is 0 Å². The van der Waals surface area contributed by atoms with E-state index in [0.29, 0.717) is 6.61 Å². The quantitative estimate of drug-likeness (QED) is 0.0521. The summed E-state index contributed by atoms with van der Waals surface area (Å²) >= 11 is 0. The van der Waals surface area contributed by atoms with E-state index in [2.05, 4.69) is 6.92 Å². The standard InChI is InChI=1S/C39H72O14/c1-3-4-5-6-7-8-9-10-11-12-13-14-15-16-17-18-19-20-21-22-23-47-37-34(45)32(43)29(25-49-37)52-39-35(46)36(51-27(2)40)30(26-50-39)53-38-33(44)31(42)28(41)24-48-38/h28-39,41-46H,3-26H2,1-2H3/t28-,29-,30-,31?,32?,33+,34+,35+,36?,37?,38?,39?/m0/s1. The van der Waals surface area contributed by atoms with Gasteiger partial charge in [-0.3, -0.25) is 4.79 Å². The highest BCUT2D eigenvalue weighted by Crippen LogP contribution is 2.29. The first-order chi connectivity index (χ1) is 25.6. The van der Waals surface area contributed by atoms with Crippen LogP contribution in [0.5, 0.6) is 0 Å². The van der Waals surface area contributed by atoms with Crippen molar-refractivity contribution in [1.82, 2.24) is 0 Å². The second kappa shape index (κ2) is 26.8. The van der Waals surface area contributed by atoms with E-state index in [1.165, 1.54) is 109 Å². The molecule has 0 aliphatic carbocycles. The first-order valence-corrected chi connectivity index (χ1v) is 20.7. The second-order valence-electron chi connectivity index (χ2n) is 15.1. The van der Waals surface area contributed by atoms with Crippen LogP contribution in [-0.4, -0.2) is 137 Å². The molecule has 0 radical (unpaired) electrons. The van der Waals surface area contributed by atoms with Crippen molar-refractivity contribution in [3.8, 4) is 0 Å². The van der Waals surface area contributed by atoms with Gasteiger partial charge < -0.3 is 63.8 Å². The molecule has 0 spiro atoms. The maximum absolute atomic E-state index is 11.8. The zero-order valence-electron chi connectivity index (χ0n) is 32.3. The second-order valence-corrected chi connectivity index (χ2v) is 15.1. The summed E-state index contributed by atoms with van der Waals surface area (Å²) < 4.78 is 38.9. The molecule has 0 amide bonds. The summed E-state index contributed by atoms with van der Waals surface area (Å²) in [7, 11) is 0. The number of unbranched alkanes of at least 4 members (excludes halogenated alkanes) is 19. The molecule has 12 atom stereocenters. The molecule has 14 nitrogen and oxygen atoms in total. The van der Waals surface area contributed by atoms with Gasteiger partial charge in [-0.25, -0.2) is 0 Å². The zero-order chi connectivity index (χ0) is 38.4. The highest BCUT2D eigenvalue weighted by atomic mass is 16.8. The molecule has 3 rings (SSSR count). The van der Waals surface area contributed by atoms with Crippen LogP contribution in [0.3, 0.4) is 0 Å². The molecule has 3 aliphatic heterocycles. The Morgan fingerprint density at radius 1 is 0.509 bits per heavy atom. The van der Waals surface area contributed by atoms with Gasteiger partial charge in [-0.2, -0.15) is 0 Å². The lowest BCUT2D eigenvalue weighted by Crippen LogP contribution is -2.62. The summed E-state index contributed by atoms with van der Waals surface area (Å²) in [6.45, 7) is 3.03. The minimum Gasteiger partial charge on any atom is -0.457 e. The topological polar surface area (TPSA) is 203 Å². The van der Waals surface area contributed by atoms with E-state index in [-0.39, 0.29) is 19.8 Å². The van der Waals surface area contributed by atoms with Gasteiger partial charge in [0.25, 0.3) is 0 Å². The van der Waals surface area contributed by atoms with Gasteiger partial charge in [0.2, 0.25) is 0 Å². The molecule has 6 unspecified atom stereocenters. The van der Waals surface area contributed by atoms with Gasteiger partial charge in [0.15, 0.2) is 25.0 Å². The van der Waals surface area contributed by atoms with Crippen LogP contribution in [0.2, 0.25) is 0 Å². The first-order valence-electron chi connectivity index (χ1n) is 20.7. The highest BCUT2D eigenvalue weighted by Gasteiger charge is 2.49. The minimum atomic E-state index is -1.61. The van der Waals surface area contributed by atoms with Crippen LogP contribution in [0, 0.1) is 0 Å². The Labute approximate surface area is 316 Å². The number of esters is 1. The fourth-order valence-corrected chi connectivity index (χ4v) is 7.17. The number of hydrogen-bond donors (Lipinski definition) is 6. The summed E-state index contributed by atoms with van der Waals surface area (Å²) in [6.07, 6.45) is 9.75. The largest absolute Gasteiger partial charge is 0.457 e. The molecule has 3 saturated heterocycles. The smallest absolute Gasteiger partial charge is 0.303 e. The van der Waals surface area contributed by atoms with Crippen molar-refractivity contribution in [2.24, 2.45) is 0 Å². The summed E-state index contributed by atoms with van der Waals surface area (Å²) in [5.74, 6) is -0.736. The third kappa shape index (κ3) is 16.9. The van der Waals surface area contributed by atoms with Crippen LogP contribution in [0.1, 0.15) is 142 Å². The normalized spacial score (nSPS) is 33.6. The Kier molecular flexibility index (Phi) is 23.4. The molecule has 0 aromatic rings. The molecule has 53 heavy (non-hydrogen) atoms. The van der Waals surface area contributed by atoms with Crippen molar-refractivity contribution in [3.05, 3.63) is 0 Å². The van der Waals surface area contributed by atoms with Crippen molar-refractivity contribution in [1.29, 1.82) is 0 Å². The summed E-state index contributed by atoms with van der Waals surface area (Å²) in [5, 5.41) is 62.3. The summed E-state index contributed by atoms with van der Waals surface area (Å²) in [4.78, 5) is 11.8. The lowest BCUT2D eigenvalue weighted by atomic mass is 10.0. The Bertz CT molecular complexity index is 944. The highest BCUT2D eigenvalue weighted by molar-refractivity contribution is 5.66. The van der Waals surface area contributed by atoms with Crippen LogP contribution >= 0.6 is 0 Å². The number of carbonyl (C=O) groups is 1. The molecule has 3 heterocycles. The zero-order valence-corrected chi connectivity index (χ0v) is 32.3. The number of carbonyl (C=O) groups excluding carboxylic acids is 1. The number of rotatable bonds is 27. The van der Waals surface area contributed by atoms with E-state index in [0.717, 1.165) is 26.2 Å². The van der Waals surface area contributed by atoms with Crippen molar-refractivity contribution in [2.75, 3.05) is 26.4 Å². The monoisotopic (exact) mass is 764 g/mol. The predicted molar refractivity (Wildman–Crippen MR) is 195 cm³/mol. The van der Waals surface area contributed by atoms with Gasteiger partial charge in [-0.05, 0) is 6.42 Å². The fraction of sp³-hybridized carbons (Fsp3) is 0.974. The van der Waals surface area contributed by atoms with Gasteiger partial charge in [-0.15, -0.1) is 0 Å². The van der Waals surface area contributed by atoms with Crippen molar-refractivity contribution >= 4 is 5.97 Å². The Hall–Kier alpha value is -1.01. The van der Waals surface area contributed by atoms with E-state index in [1.54, 1.807) is 0 Å². The van der Waals surface area contributed by atoms with Gasteiger partial charge in [-0.1, -0.05) is 129 Å². The van der Waals surface area contributed by atoms with Gasteiger partial charge in [0.1, 0.15) is 48.8 Å². The van der Waals surface area contributed by atoms with Crippen molar-refractivity contribution in [2.45, 2.75) is 216 Å². The Balaban J connectivity index is 1.21. The predicted octanol–water partition coefficient (Wildman–Crippen LogP) is 3.76. The minimum absolute atomic E-state index is 0.158. The molecule has 0 aromatic carbocycles. The number of aliphatic hydroxyl groups excluding tert-OH is 6. The maximum Gasteiger partial charge on any atom is 0.303 e. The van der Waals surface area contributed by atoms with E-state index in [1.807, 2.05) is 0 Å². The average Bonchev–Trinajstić information content (AvgIpc) is 3.14. The summed E-state index contributed by atoms with van der Waals surface area (Å²) in [5.41, 5.74) is 0. The maximum atomic E-state index is 11.8. The number of ether oxygens (including phenoxy) is 7. The Morgan fingerprint density at radius 2 is 0.925 bits per heavy atom. The molecule has 0 bridgehead atoms. The Morgan fingerprint density at radius 3 is 1.45 bits per heavy atom. The number of hydrogen-bond acceptors (Lipinski definition) is 14. The van der Waals surface area contributed by atoms with Gasteiger partial charge in [0, 0.05) is 13.5 Å². The van der Waals surface area contributed by atoms with Gasteiger partial charge in [0.05, 0.1) is 19.8 Å². The average molecular weight is 765 g/mol. The fourth-order valence-electron chi connectivity index (χ4n) is 7.17. The number of aliphatic hydroxyl groups is 6. The third-order valence-electron chi connectivity index (χ3n) is 10.5. The van der Waals surface area contributed by atoms with Crippen molar-refractivity contribution < 1.29 is 68.6 Å². The molecular weight excluding hydrogens is 692 g/mol. The van der Waals surface area contributed by atoms with Crippen LogP contribution in [0.4, 0.5) is 0 Å². The van der Waals surface area contributed by atoms with E-state index < -0.39 is 79.8 Å². The SMILES string of the molecule is CCCCCCCCCCCCCCCCCCCCCCOC1OC[C@H](OC2OC[C@H](OC3OC[C@H](O)C(O)[C@H]3O)C(OC(C)=O)[C@H]2O)C(O)[C@H]1O.